The van der Waals surface area contributed by atoms with Gasteiger partial charge in [0, 0.05) is 11.6 Å². The van der Waals surface area contributed by atoms with Crippen molar-refractivity contribution in [1.82, 2.24) is 10.4 Å². The van der Waals surface area contributed by atoms with Gasteiger partial charge < -0.3 is 0 Å². The van der Waals surface area contributed by atoms with Gasteiger partial charge in [-0.05, 0) is 31.0 Å². The molecular formula is C17H18N2O. The van der Waals surface area contributed by atoms with Gasteiger partial charge in [-0.15, -0.1) is 0 Å². The van der Waals surface area contributed by atoms with Crippen LogP contribution in [0.15, 0.2) is 60.7 Å². The van der Waals surface area contributed by atoms with Gasteiger partial charge in [-0.2, -0.15) is 0 Å². The van der Waals surface area contributed by atoms with Crippen LogP contribution in [0.1, 0.15) is 35.3 Å². The Morgan fingerprint density at radius 2 is 1.65 bits per heavy atom. The van der Waals surface area contributed by atoms with Gasteiger partial charge in [0.25, 0.3) is 5.91 Å². The highest BCUT2D eigenvalue weighted by molar-refractivity contribution is 5.94. The second kappa shape index (κ2) is 5.47. The van der Waals surface area contributed by atoms with Crippen LogP contribution in [0, 0.1) is 0 Å². The molecule has 0 spiro atoms. The van der Waals surface area contributed by atoms with Crippen LogP contribution < -0.4 is 5.43 Å². The van der Waals surface area contributed by atoms with Gasteiger partial charge in [-0.1, -0.05) is 48.5 Å². The molecule has 1 fully saturated rings. The third-order valence-electron chi connectivity index (χ3n) is 3.67. The zero-order chi connectivity index (χ0) is 13.9. The number of carbonyl (C=O) groups is 1. The Morgan fingerprint density at radius 1 is 1.05 bits per heavy atom. The van der Waals surface area contributed by atoms with Gasteiger partial charge in [0.15, 0.2) is 0 Å². The third-order valence-corrected chi connectivity index (χ3v) is 3.67. The molecule has 102 valence electrons. The van der Waals surface area contributed by atoms with Crippen LogP contribution in [-0.4, -0.2) is 17.0 Å². The average molecular weight is 266 g/mol. The van der Waals surface area contributed by atoms with E-state index in [4.69, 9.17) is 0 Å². The molecule has 2 aromatic carbocycles. The largest absolute Gasteiger partial charge is 0.268 e. The molecule has 1 aliphatic heterocycles. The number of carbonyl (C=O) groups excluding carboxylic acids is 1. The molecule has 0 bridgehead atoms. The van der Waals surface area contributed by atoms with E-state index < -0.39 is 0 Å². The predicted octanol–water partition coefficient (Wildman–Crippen LogP) is 3.17. The van der Waals surface area contributed by atoms with Crippen LogP contribution in [0.3, 0.4) is 0 Å². The van der Waals surface area contributed by atoms with Crippen molar-refractivity contribution >= 4 is 5.91 Å². The molecule has 1 heterocycles. The average Bonchev–Trinajstić information content (AvgIpc) is 2.90. The number of hydrazine groups is 1. The summed E-state index contributed by atoms with van der Waals surface area (Å²) in [6.07, 6.45) is 0.933. The summed E-state index contributed by atoms with van der Waals surface area (Å²) in [6, 6.07) is 20.0. The summed E-state index contributed by atoms with van der Waals surface area (Å²) < 4.78 is 0. The summed E-state index contributed by atoms with van der Waals surface area (Å²) in [5, 5.41) is 1.77. The monoisotopic (exact) mass is 266 g/mol. The topological polar surface area (TPSA) is 32.3 Å². The fourth-order valence-electron chi connectivity index (χ4n) is 2.70. The number of nitrogens with one attached hydrogen (secondary N) is 1. The maximum Gasteiger partial charge on any atom is 0.268 e. The Hall–Kier alpha value is -2.13. The van der Waals surface area contributed by atoms with E-state index in [0.717, 1.165) is 12.0 Å². The molecule has 1 amide bonds. The number of nitrogens with zero attached hydrogens (tertiary/aromatic N) is 1. The summed E-state index contributed by atoms with van der Waals surface area (Å²) in [6.45, 7) is 2.11. The lowest BCUT2D eigenvalue weighted by Gasteiger charge is -2.24. The highest BCUT2D eigenvalue weighted by Gasteiger charge is 2.34. The van der Waals surface area contributed by atoms with Gasteiger partial charge in [0.05, 0.1) is 6.04 Å². The lowest BCUT2D eigenvalue weighted by atomic mass is 10.0. The first kappa shape index (κ1) is 12.9. The van der Waals surface area contributed by atoms with Gasteiger partial charge in [-0.3, -0.25) is 9.80 Å². The predicted molar refractivity (Wildman–Crippen MR) is 79.0 cm³/mol. The minimum Gasteiger partial charge on any atom is -0.268 e. The summed E-state index contributed by atoms with van der Waals surface area (Å²) in [5.41, 5.74) is 5.18. The van der Waals surface area contributed by atoms with Crippen molar-refractivity contribution in [3.63, 3.8) is 0 Å². The van der Waals surface area contributed by atoms with Crippen LogP contribution in [0.2, 0.25) is 0 Å². The third kappa shape index (κ3) is 2.45. The minimum atomic E-state index is 0.0313. The van der Waals surface area contributed by atoms with Crippen LogP contribution in [-0.2, 0) is 0 Å². The van der Waals surface area contributed by atoms with Crippen LogP contribution in [0.5, 0.6) is 0 Å². The molecule has 1 N–H and O–H groups in total. The fraction of sp³-hybridized carbons (Fsp3) is 0.235. The maximum atomic E-state index is 12.6. The maximum absolute atomic E-state index is 12.6. The Bertz CT molecular complexity index is 582. The molecule has 3 nitrogen and oxygen atoms in total. The molecule has 20 heavy (non-hydrogen) atoms. The molecule has 0 unspecified atom stereocenters. The van der Waals surface area contributed by atoms with Crippen molar-refractivity contribution in [3.05, 3.63) is 71.8 Å². The zero-order valence-corrected chi connectivity index (χ0v) is 11.5. The van der Waals surface area contributed by atoms with E-state index in [-0.39, 0.29) is 11.9 Å². The van der Waals surface area contributed by atoms with Crippen molar-refractivity contribution in [2.45, 2.75) is 25.4 Å². The SMILES string of the molecule is C[C@@H]1C[C@H](c2ccccc2)N(C(=O)c2ccccc2)N1. The highest BCUT2D eigenvalue weighted by atomic mass is 16.2. The Morgan fingerprint density at radius 3 is 2.30 bits per heavy atom. The van der Waals surface area contributed by atoms with Crippen molar-refractivity contribution in [2.24, 2.45) is 0 Å². The first-order valence-corrected chi connectivity index (χ1v) is 6.95. The molecule has 0 aliphatic carbocycles. The Labute approximate surface area is 119 Å². The van der Waals surface area contributed by atoms with Crippen molar-refractivity contribution in [3.8, 4) is 0 Å². The molecule has 3 heteroatoms. The lowest BCUT2D eigenvalue weighted by Crippen LogP contribution is -2.40. The fourth-order valence-corrected chi connectivity index (χ4v) is 2.70. The van der Waals surface area contributed by atoms with Crippen LogP contribution in [0.4, 0.5) is 0 Å². The van der Waals surface area contributed by atoms with E-state index in [2.05, 4.69) is 24.5 Å². The summed E-state index contributed by atoms with van der Waals surface area (Å²) in [7, 11) is 0. The summed E-state index contributed by atoms with van der Waals surface area (Å²) in [5.74, 6) is 0.0313. The Balaban J connectivity index is 1.89. The first-order valence-electron chi connectivity index (χ1n) is 6.95. The van der Waals surface area contributed by atoms with E-state index in [1.165, 1.54) is 5.56 Å². The normalized spacial score (nSPS) is 21.9. The molecule has 2 atom stereocenters. The molecule has 2 aromatic rings. The van der Waals surface area contributed by atoms with E-state index in [9.17, 15) is 4.79 Å². The van der Waals surface area contributed by atoms with Crippen LogP contribution >= 0.6 is 0 Å². The second-order valence-corrected chi connectivity index (χ2v) is 5.23. The number of hydrogen-bond acceptors (Lipinski definition) is 2. The molecule has 0 aromatic heterocycles. The molecule has 0 radical (unpaired) electrons. The van der Waals surface area contributed by atoms with Crippen LogP contribution in [0.25, 0.3) is 0 Å². The van der Waals surface area contributed by atoms with Crippen molar-refractivity contribution in [2.75, 3.05) is 0 Å². The number of hydrogen-bond donors (Lipinski definition) is 1. The molecule has 1 aliphatic rings. The highest BCUT2D eigenvalue weighted by Crippen LogP contribution is 2.30. The van der Waals surface area contributed by atoms with E-state index in [1.54, 1.807) is 5.01 Å². The number of benzene rings is 2. The molecule has 3 rings (SSSR count). The van der Waals surface area contributed by atoms with Crippen molar-refractivity contribution in [1.29, 1.82) is 0 Å². The lowest BCUT2D eigenvalue weighted by molar-refractivity contribution is 0.0640. The molecule has 0 saturated carbocycles. The number of rotatable bonds is 2. The Kier molecular flexibility index (Phi) is 3.52. The van der Waals surface area contributed by atoms with Crippen molar-refractivity contribution < 1.29 is 4.79 Å². The van der Waals surface area contributed by atoms with Gasteiger partial charge in [-0.25, -0.2) is 5.43 Å². The first-order chi connectivity index (χ1) is 9.75. The van der Waals surface area contributed by atoms with E-state index in [0.29, 0.717) is 6.04 Å². The quantitative estimate of drug-likeness (QED) is 0.905. The molecule has 1 saturated heterocycles. The second-order valence-electron chi connectivity index (χ2n) is 5.23. The van der Waals surface area contributed by atoms with Gasteiger partial charge in [0.2, 0.25) is 0 Å². The van der Waals surface area contributed by atoms with E-state index >= 15 is 0 Å². The standard InChI is InChI=1S/C17H18N2O/c1-13-12-16(14-8-4-2-5-9-14)19(18-13)17(20)15-10-6-3-7-11-15/h2-11,13,16,18H,12H2,1H3/t13-,16-/m1/s1. The summed E-state index contributed by atoms with van der Waals surface area (Å²) >= 11 is 0. The smallest absolute Gasteiger partial charge is 0.268 e. The number of amides is 1. The molecular weight excluding hydrogens is 248 g/mol. The zero-order valence-electron chi connectivity index (χ0n) is 11.5. The van der Waals surface area contributed by atoms with E-state index in [1.807, 2.05) is 48.5 Å². The van der Waals surface area contributed by atoms with Gasteiger partial charge in [0.1, 0.15) is 0 Å². The van der Waals surface area contributed by atoms with Gasteiger partial charge >= 0.3 is 0 Å². The summed E-state index contributed by atoms with van der Waals surface area (Å²) in [4.78, 5) is 12.6. The minimum absolute atomic E-state index is 0.0313.